The summed E-state index contributed by atoms with van der Waals surface area (Å²) >= 11 is 7.22. The molecule has 1 aromatic carbocycles. The summed E-state index contributed by atoms with van der Waals surface area (Å²) in [6.07, 6.45) is 1.71. The van der Waals surface area contributed by atoms with E-state index in [4.69, 9.17) is 16.3 Å². The van der Waals surface area contributed by atoms with E-state index in [-0.39, 0.29) is 17.6 Å². The van der Waals surface area contributed by atoms with E-state index in [0.29, 0.717) is 42.4 Å². The normalized spacial score (nSPS) is 15.2. The number of nitrogens with zero attached hydrogens (tertiary/aromatic N) is 1. The van der Waals surface area contributed by atoms with E-state index in [1.165, 1.54) is 30.4 Å². The molecular weight excluding hydrogens is 389 g/mol. The number of thiophene rings is 1. The number of rotatable bonds is 7. The quantitative estimate of drug-likeness (QED) is 0.499. The molecule has 0 fully saturated rings. The summed E-state index contributed by atoms with van der Waals surface area (Å²) in [6, 6.07) is 7.58. The molecule has 0 bridgehead atoms. The molecule has 1 aliphatic heterocycles. The van der Waals surface area contributed by atoms with E-state index >= 15 is 0 Å². The predicted octanol–water partition coefficient (Wildman–Crippen LogP) is 4.50. The molecular formula is C20H21ClFNO3S. The van der Waals surface area contributed by atoms with Crippen molar-refractivity contribution in [1.29, 1.82) is 0 Å². The van der Waals surface area contributed by atoms with Gasteiger partial charge in [0.1, 0.15) is 5.82 Å². The smallest absolute Gasteiger partial charge is 0.308 e. The van der Waals surface area contributed by atoms with Crippen molar-refractivity contribution in [2.45, 2.75) is 38.8 Å². The highest BCUT2D eigenvalue weighted by atomic mass is 35.5. The lowest BCUT2D eigenvalue weighted by Gasteiger charge is -2.34. The summed E-state index contributed by atoms with van der Waals surface area (Å²) in [7, 11) is 0. The minimum absolute atomic E-state index is 0.0418. The van der Waals surface area contributed by atoms with Crippen LogP contribution in [0.2, 0.25) is 0 Å². The molecule has 3 rings (SSSR count). The van der Waals surface area contributed by atoms with Crippen molar-refractivity contribution in [3.8, 4) is 5.06 Å². The monoisotopic (exact) mass is 409 g/mol. The van der Waals surface area contributed by atoms with Crippen molar-refractivity contribution in [1.82, 2.24) is 4.90 Å². The third-order valence-electron chi connectivity index (χ3n) is 4.51. The lowest BCUT2D eigenvalue weighted by atomic mass is 9.95. The fourth-order valence-electron chi connectivity index (χ4n) is 3.39. The number of ketones is 1. The number of esters is 1. The molecule has 0 spiro atoms. The summed E-state index contributed by atoms with van der Waals surface area (Å²) in [4.78, 5) is 27.3. The highest BCUT2D eigenvalue weighted by molar-refractivity contribution is 7.14. The zero-order chi connectivity index (χ0) is 19.4. The predicted molar refractivity (Wildman–Crippen MR) is 104 cm³/mol. The Morgan fingerprint density at radius 1 is 1.37 bits per heavy atom. The molecule has 0 N–H and O–H groups in total. The van der Waals surface area contributed by atoms with E-state index in [2.05, 4.69) is 4.90 Å². The van der Waals surface area contributed by atoms with E-state index < -0.39 is 6.04 Å². The lowest BCUT2D eigenvalue weighted by molar-refractivity contribution is -0.131. The van der Waals surface area contributed by atoms with Gasteiger partial charge in [-0.2, -0.15) is 0 Å². The first-order valence-corrected chi connectivity index (χ1v) is 10.2. The minimum Gasteiger partial charge on any atom is -0.416 e. The Hall–Kier alpha value is -1.76. The molecule has 0 amide bonds. The van der Waals surface area contributed by atoms with Crippen molar-refractivity contribution in [2.24, 2.45) is 0 Å². The van der Waals surface area contributed by atoms with E-state index in [9.17, 15) is 14.0 Å². The largest absolute Gasteiger partial charge is 0.416 e. The number of hydrogen-bond donors (Lipinski definition) is 0. The molecule has 1 aliphatic rings. The molecule has 2 aromatic rings. The summed E-state index contributed by atoms with van der Waals surface area (Å²) in [5.74, 6) is -0.241. The van der Waals surface area contributed by atoms with Crippen LogP contribution in [0.3, 0.4) is 0 Å². The van der Waals surface area contributed by atoms with Gasteiger partial charge in [0, 0.05) is 37.2 Å². The minimum atomic E-state index is -0.505. The SMILES string of the molecule is CC(=O)Oc1cc2c(s1)CCN(C(C(=O)CCCCl)c1cccc(F)c1)C2. The standard InChI is InChI=1S/C20H21ClFNO3S/c1-13(24)26-19-11-15-12-23(9-7-18(15)27-19)20(17(25)6-3-8-21)14-4-2-5-16(22)10-14/h2,4-5,10-11,20H,3,6-9,12H2,1H3. The van der Waals surface area contributed by atoms with Crippen molar-refractivity contribution in [3.05, 3.63) is 52.2 Å². The number of ether oxygens (including phenoxy) is 1. The molecule has 0 saturated carbocycles. The topological polar surface area (TPSA) is 46.6 Å². The van der Waals surface area contributed by atoms with Gasteiger partial charge in [0.2, 0.25) is 0 Å². The van der Waals surface area contributed by atoms with Crippen molar-refractivity contribution in [2.75, 3.05) is 12.4 Å². The average Bonchev–Trinajstić information content (AvgIpc) is 3.01. The van der Waals surface area contributed by atoms with E-state index in [1.807, 2.05) is 6.07 Å². The number of hydrogen-bond acceptors (Lipinski definition) is 5. The summed E-state index contributed by atoms with van der Waals surface area (Å²) in [5, 5.41) is 0.574. The average molecular weight is 410 g/mol. The highest BCUT2D eigenvalue weighted by Gasteiger charge is 2.31. The Kier molecular flexibility index (Phi) is 6.63. The molecule has 1 aromatic heterocycles. The second kappa shape index (κ2) is 8.95. The Morgan fingerprint density at radius 3 is 2.89 bits per heavy atom. The fraction of sp³-hybridized carbons (Fsp3) is 0.400. The first-order valence-electron chi connectivity index (χ1n) is 8.86. The fourth-order valence-corrected chi connectivity index (χ4v) is 4.58. The Morgan fingerprint density at radius 2 is 2.19 bits per heavy atom. The molecule has 1 atom stereocenters. The molecule has 0 radical (unpaired) electrons. The summed E-state index contributed by atoms with van der Waals surface area (Å²) < 4.78 is 19.0. The number of benzene rings is 1. The number of alkyl halides is 1. The van der Waals surface area contributed by atoms with Gasteiger partial charge in [-0.05, 0) is 42.2 Å². The van der Waals surface area contributed by atoms with Crippen molar-refractivity contribution >= 4 is 34.7 Å². The van der Waals surface area contributed by atoms with Gasteiger partial charge in [0.25, 0.3) is 0 Å². The number of carbonyl (C=O) groups is 2. The third kappa shape index (κ3) is 4.94. The molecule has 27 heavy (non-hydrogen) atoms. The number of halogens is 2. The van der Waals surface area contributed by atoms with Crippen LogP contribution in [0, 0.1) is 5.82 Å². The summed E-state index contributed by atoms with van der Waals surface area (Å²) in [5.41, 5.74) is 1.71. The van der Waals surface area contributed by atoms with Crippen LogP contribution < -0.4 is 4.74 Å². The second-order valence-corrected chi connectivity index (χ2v) is 8.02. The van der Waals surface area contributed by atoms with Gasteiger partial charge in [0.15, 0.2) is 10.8 Å². The van der Waals surface area contributed by atoms with Crippen LogP contribution in [0.15, 0.2) is 30.3 Å². The van der Waals surface area contributed by atoms with Crippen LogP contribution in [0.1, 0.15) is 41.8 Å². The molecule has 144 valence electrons. The first-order chi connectivity index (χ1) is 13.0. The number of Topliss-reactive ketones (excluding diaryl/α,β-unsaturated/α-hetero) is 1. The maximum absolute atomic E-state index is 13.8. The highest BCUT2D eigenvalue weighted by Crippen LogP contribution is 2.36. The molecule has 0 saturated heterocycles. The van der Waals surface area contributed by atoms with E-state index in [0.717, 1.165) is 16.9 Å². The summed E-state index contributed by atoms with van der Waals surface area (Å²) in [6.45, 7) is 2.61. The maximum Gasteiger partial charge on any atom is 0.308 e. The molecule has 0 aliphatic carbocycles. The third-order valence-corrected chi connectivity index (χ3v) is 5.89. The van der Waals surface area contributed by atoms with Crippen LogP contribution in [0.5, 0.6) is 5.06 Å². The van der Waals surface area contributed by atoms with Crippen molar-refractivity contribution in [3.63, 3.8) is 0 Å². The lowest BCUT2D eigenvalue weighted by Crippen LogP contribution is -2.37. The Labute approximate surface area is 166 Å². The van der Waals surface area contributed by atoms with Gasteiger partial charge in [-0.1, -0.05) is 12.1 Å². The van der Waals surface area contributed by atoms with Gasteiger partial charge in [-0.15, -0.1) is 22.9 Å². The van der Waals surface area contributed by atoms with Gasteiger partial charge in [0.05, 0.1) is 6.04 Å². The zero-order valence-corrected chi connectivity index (χ0v) is 16.6. The molecule has 7 heteroatoms. The zero-order valence-electron chi connectivity index (χ0n) is 15.0. The van der Waals surface area contributed by atoms with Crippen LogP contribution >= 0.6 is 22.9 Å². The maximum atomic E-state index is 13.8. The number of fused-ring (bicyclic) bond motifs is 1. The Bertz CT molecular complexity index is 838. The van der Waals surface area contributed by atoms with Crippen LogP contribution in [-0.2, 0) is 22.6 Å². The van der Waals surface area contributed by atoms with Crippen molar-refractivity contribution < 1.29 is 18.7 Å². The molecule has 2 heterocycles. The van der Waals surface area contributed by atoms with Gasteiger partial charge in [-0.3, -0.25) is 14.5 Å². The van der Waals surface area contributed by atoms with Crippen LogP contribution in [0.4, 0.5) is 4.39 Å². The van der Waals surface area contributed by atoms with Gasteiger partial charge in [-0.25, -0.2) is 4.39 Å². The van der Waals surface area contributed by atoms with Crippen LogP contribution in [0.25, 0.3) is 0 Å². The number of carbonyl (C=O) groups excluding carboxylic acids is 2. The molecule has 4 nitrogen and oxygen atoms in total. The van der Waals surface area contributed by atoms with E-state index in [1.54, 1.807) is 12.1 Å². The second-order valence-electron chi connectivity index (χ2n) is 6.54. The van der Waals surface area contributed by atoms with Gasteiger partial charge >= 0.3 is 5.97 Å². The van der Waals surface area contributed by atoms with Crippen LogP contribution in [-0.4, -0.2) is 29.1 Å². The first kappa shape index (κ1) is 20.0. The Balaban J connectivity index is 1.85. The van der Waals surface area contributed by atoms with Gasteiger partial charge < -0.3 is 4.74 Å². The molecule has 1 unspecified atom stereocenters.